The van der Waals surface area contributed by atoms with Gasteiger partial charge >= 0.3 is 35.6 Å². The van der Waals surface area contributed by atoms with Crippen LogP contribution in [0.15, 0.2) is 0 Å². The molecule has 3 rings (SSSR count). The van der Waals surface area contributed by atoms with E-state index >= 15 is 0 Å². The summed E-state index contributed by atoms with van der Waals surface area (Å²) in [6.07, 6.45) is 0.540. The van der Waals surface area contributed by atoms with Crippen LogP contribution in [0, 0.1) is 5.92 Å². The molecule has 134 valence electrons. The van der Waals surface area contributed by atoms with Crippen molar-refractivity contribution in [2.45, 2.75) is 24.9 Å². The van der Waals surface area contributed by atoms with E-state index < -0.39 is 34.4 Å². The molecule has 0 aromatic carbocycles. The van der Waals surface area contributed by atoms with Gasteiger partial charge in [0.1, 0.15) is 6.04 Å². The number of urea groups is 1. The summed E-state index contributed by atoms with van der Waals surface area (Å²) < 4.78 is 36.2. The summed E-state index contributed by atoms with van der Waals surface area (Å²) in [4.78, 5) is 37.1. The number of nitrogens with one attached hydrogen (secondary N) is 3. The van der Waals surface area contributed by atoms with E-state index in [1.165, 1.54) is 0 Å². The number of hydrazine groups is 1. The van der Waals surface area contributed by atoms with Gasteiger partial charge in [0.2, 0.25) is 16.3 Å². The fourth-order valence-corrected chi connectivity index (χ4v) is 3.27. The molecule has 2 atom stereocenters. The Labute approximate surface area is 165 Å². The van der Waals surface area contributed by atoms with Crippen molar-refractivity contribution < 1.29 is 61.2 Å². The molecule has 3 saturated heterocycles. The summed E-state index contributed by atoms with van der Waals surface area (Å²) in [5, 5.41) is 3.42. The van der Waals surface area contributed by atoms with Crippen molar-refractivity contribution >= 4 is 28.2 Å². The van der Waals surface area contributed by atoms with Gasteiger partial charge in [-0.05, 0) is 12.8 Å². The normalized spacial score (nSPS) is 25.9. The number of amides is 4. The van der Waals surface area contributed by atoms with Gasteiger partial charge < -0.3 is 14.8 Å². The molecule has 0 spiro atoms. The average Bonchev–Trinajstić information content (AvgIpc) is 2.67. The molecule has 25 heavy (non-hydrogen) atoms. The van der Waals surface area contributed by atoms with Crippen LogP contribution in [0.3, 0.4) is 0 Å². The average molecular weight is 385 g/mol. The van der Waals surface area contributed by atoms with Crippen LogP contribution < -0.4 is 45.7 Å². The Morgan fingerprint density at radius 2 is 1.84 bits per heavy atom. The minimum atomic E-state index is -5.08. The third kappa shape index (κ3) is 4.42. The molecule has 0 radical (unpaired) electrons. The molecule has 3 N–H and O–H groups in total. The summed E-state index contributed by atoms with van der Waals surface area (Å²) in [6.45, 7) is 1.13. The SMILES string of the molecule is O=C(NNC(=O)[C@@H]1CC[C@@H]2CN1C(=O)N2OS(=O)(=O)[O-])C1CNC1.[Na+]. The van der Waals surface area contributed by atoms with Gasteiger partial charge in [0, 0.05) is 19.6 Å². The maximum atomic E-state index is 12.2. The molecular weight excluding hydrogens is 369 g/mol. The van der Waals surface area contributed by atoms with Gasteiger partial charge in [-0.15, -0.1) is 0 Å². The molecular formula is C11H16N5NaO7S. The van der Waals surface area contributed by atoms with Crippen LogP contribution in [0.2, 0.25) is 0 Å². The predicted octanol–water partition coefficient (Wildman–Crippen LogP) is -5.98. The summed E-state index contributed by atoms with van der Waals surface area (Å²) in [6, 6.07) is -2.36. The van der Waals surface area contributed by atoms with Crippen LogP contribution in [0.5, 0.6) is 0 Å². The van der Waals surface area contributed by atoms with Crippen LogP contribution in [0.4, 0.5) is 4.79 Å². The smallest absolute Gasteiger partial charge is 0.724 e. The van der Waals surface area contributed by atoms with E-state index in [4.69, 9.17) is 0 Å². The number of piperidine rings is 1. The maximum absolute atomic E-state index is 12.2. The van der Waals surface area contributed by atoms with Gasteiger partial charge in [-0.2, -0.15) is 9.35 Å². The van der Waals surface area contributed by atoms with Gasteiger partial charge in [-0.25, -0.2) is 13.2 Å². The Kier molecular flexibility index (Phi) is 6.30. The first kappa shape index (κ1) is 20.4. The number of rotatable bonds is 4. The number of fused-ring (bicyclic) bond motifs is 2. The topological polar surface area (TPSA) is 160 Å². The van der Waals surface area contributed by atoms with Gasteiger partial charge in [-0.1, -0.05) is 0 Å². The number of hydroxylamine groups is 2. The third-order valence-corrected chi connectivity index (χ3v) is 4.60. The molecule has 3 aliphatic heterocycles. The number of hydrogen-bond acceptors (Lipinski definition) is 8. The Balaban J connectivity index is 0.00000225. The van der Waals surface area contributed by atoms with Crippen molar-refractivity contribution in [2.75, 3.05) is 19.6 Å². The fraction of sp³-hybridized carbons (Fsp3) is 0.727. The first-order chi connectivity index (χ1) is 11.3. The molecule has 14 heteroatoms. The molecule has 3 heterocycles. The Morgan fingerprint density at radius 3 is 2.40 bits per heavy atom. The largest absolute Gasteiger partial charge is 1.00 e. The fourth-order valence-electron chi connectivity index (χ4n) is 2.88. The zero-order valence-corrected chi connectivity index (χ0v) is 16.2. The zero-order valence-electron chi connectivity index (χ0n) is 13.4. The first-order valence-corrected chi connectivity index (χ1v) is 8.65. The van der Waals surface area contributed by atoms with Crippen molar-refractivity contribution in [3.63, 3.8) is 0 Å². The van der Waals surface area contributed by atoms with E-state index in [1.807, 2.05) is 0 Å². The van der Waals surface area contributed by atoms with Crippen LogP contribution in [-0.2, 0) is 24.3 Å². The minimum Gasteiger partial charge on any atom is -0.724 e. The van der Waals surface area contributed by atoms with E-state index in [1.54, 1.807) is 0 Å². The Bertz CT molecular complexity index is 670. The quantitative estimate of drug-likeness (QED) is 0.187. The second-order valence-corrected chi connectivity index (χ2v) is 6.79. The van der Waals surface area contributed by atoms with Crippen LogP contribution >= 0.6 is 0 Å². The Morgan fingerprint density at radius 1 is 1.20 bits per heavy atom. The second kappa shape index (κ2) is 7.73. The zero-order chi connectivity index (χ0) is 17.5. The van der Waals surface area contributed by atoms with Gasteiger partial charge in [0.05, 0.1) is 12.0 Å². The standard InChI is InChI=1S/C11H17N5O7S.Na/c17-9(6-3-12-4-6)13-14-10(18)8-2-1-7-5-15(8)11(19)16(7)23-24(20,21)22;/h6-8,12H,1-5H2,(H,13,17)(H,14,18)(H,20,21,22);/q;+1/p-1/t7-,8+;/m1./s1. The molecule has 4 amide bonds. The molecule has 12 nitrogen and oxygen atoms in total. The van der Waals surface area contributed by atoms with Gasteiger partial charge in [0.25, 0.3) is 5.91 Å². The Hall–Kier alpha value is -0.960. The van der Waals surface area contributed by atoms with Gasteiger partial charge in [0.15, 0.2) is 0 Å². The van der Waals surface area contributed by atoms with Crippen molar-refractivity contribution in [1.29, 1.82) is 0 Å². The molecule has 0 unspecified atom stereocenters. The summed E-state index contributed by atoms with van der Waals surface area (Å²) in [5.74, 6) is -1.12. The molecule has 2 bridgehead atoms. The van der Waals surface area contributed by atoms with Crippen LogP contribution in [0.25, 0.3) is 0 Å². The van der Waals surface area contributed by atoms with Crippen LogP contribution in [0.1, 0.15) is 12.8 Å². The minimum absolute atomic E-state index is 0. The summed E-state index contributed by atoms with van der Waals surface area (Å²) in [5.41, 5.74) is 4.57. The number of nitrogens with zero attached hydrogens (tertiary/aromatic N) is 2. The van der Waals surface area contributed by atoms with Gasteiger partial charge in [-0.3, -0.25) is 20.4 Å². The molecule has 0 aromatic heterocycles. The summed E-state index contributed by atoms with van der Waals surface area (Å²) in [7, 11) is -5.08. The predicted molar refractivity (Wildman–Crippen MR) is 74.2 cm³/mol. The molecule has 3 fully saturated rings. The van der Waals surface area contributed by atoms with Crippen molar-refractivity contribution in [1.82, 2.24) is 26.1 Å². The summed E-state index contributed by atoms with van der Waals surface area (Å²) >= 11 is 0. The van der Waals surface area contributed by atoms with E-state index in [0.717, 1.165) is 4.90 Å². The molecule has 0 aromatic rings. The maximum Gasteiger partial charge on any atom is 1.00 e. The monoisotopic (exact) mass is 385 g/mol. The molecule has 0 saturated carbocycles. The number of hydrogen-bond donors (Lipinski definition) is 3. The number of carbonyl (C=O) groups excluding carboxylic acids is 3. The molecule has 0 aliphatic carbocycles. The van der Waals surface area contributed by atoms with Crippen molar-refractivity contribution in [2.24, 2.45) is 5.92 Å². The van der Waals surface area contributed by atoms with E-state index in [0.29, 0.717) is 18.2 Å². The van der Waals surface area contributed by atoms with Crippen LogP contribution in [-0.4, -0.2) is 72.5 Å². The van der Waals surface area contributed by atoms with Crippen molar-refractivity contribution in [3.8, 4) is 0 Å². The third-order valence-electron chi connectivity index (χ3n) is 4.26. The number of carbonyl (C=O) groups is 3. The van der Waals surface area contributed by atoms with Crippen molar-refractivity contribution in [3.05, 3.63) is 0 Å². The first-order valence-electron chi connectivity index (χ1n) is 7.32. The van der Waals surface area contributed by atoms with E-state index in [2.05, 4.69) is 20.5 Å². The molecule has 3 aliphatic rings. The van der Waals surface area contributed by atoms with E-state index in [-0.39, 0.29) is 60.8 Å². The second-order valence-electron chi connectivity index (χ2n) is 5.82. The van der Waals surface area contributed by atoms with E-state index in [9.17, 15) is 27.4 Å².